The molecule has 0 bridgehead atoms. The first-order chi connectivity index (χ1) is 11.6. The zero-order valence-electron chi connectivity index (χ0n) is 13.3. The summed E-state index contributed by atoms with van der Waals surface area (Å²) in [7, 11) is 0. The van der Waals surface area contributed by atoms with Gasteiger partial charge in [0.25, 0.3) is 0 Å². The summed E-state index contributed by atoms with van der Waals surface area (Å²) in [6.45, 7) is 3.82. The molecule has 2 aromatic carbocycles. The molecule has 1 amide bonds. The molecule has 5 heteroatoms. The first-order valence-electron chi connectivity index (χ1n) is 7.61. The van der Waals surface area contributed by atoms with E-state index >= 15 is 0 Å². The van der Waals surface area contributed by atoms with Crippen LogP contribution in [-0.2, 0) is 22.6 Å². The lowest BCUT2D eigenvalue weighted by Crippen LogP contribution is -2.56. The van der Waals surface area contributed by atoms with Crippen molar-refractivity contribution in [2.75, 3.05) is 0 Å². The number of ketones is 1. The van der Waals surface area contributed by atoms with Gasteiger partial charge in [0.05, 0.1) is 6.61 Å². The van der Waals surface area contributed by atoms with Crippen LogP contribution in [0.3, 0.4) is 0 Å². The minimum Gasteiger partial charge on any atom is -0.465 e. The molecule has 0 spiro atoms. The number of hydrogen-bond acceptors (Lipinski definition) is 3. The molecule has 1 atom stereocenters. The molecule has 0 heterocycles. The molecule has 1 radical (unpaired) electrons. The predicted octanol–water partition coefficient (Wildman–Crippen LogP) is 3.20. The van der Waals surface area contributed by atoms with E-state index in [-0.39, 0.29) is 25.2 Å². The smallest absolute Gasteiger partial charge is 0.407 e. The average molecular weight is 326 g/mol. The number of carbonyl (C=O) groups excluding carboxylic acids is 1. The molecular weight excluding hydrogens is 306 g/mol. The Kier molecular flexibility index (Phi) is 6.09. The number of hydrogen-bond donors (Lipinski definition) is 2. The average Bonchev–Trinajstić information content (AvgIpc) is 2.60. The third-order valence-electron chi connectivity index (χ3n) is 3.65. The van der Waals surface area contributed by atoms with Crippen LogP contribution in [0, 0.1) is 6.92 Å². The summed E-state index contributed by atoms with van der Waals surface area (Å²) in [5.74, 6) is -0.373. The van der Waals surface area contributed by atoms with Crippen LogP contribution in [0.5, 0.6) is 0 Å². The van der Waals surface area contributed by atoms with Crippen LogP contribution in [0.1, 0.15) is 17.5 Å². The Morgan fingerprint density at radius 2 is 1.54 bits per heavy atom. The Bertz CT molecular complexity index is 672. The highest BCUT2D eigenvalue weighted by Gasteiger charge is 2.39. The second-order valence-corrected chi connectivity index (χ2v) is 5.37. The second kappa shape index (κ2) is 8.26. The fourth-order valence-electron chi connectivity index (χ4n) is 2.34. The van der Waals surface area contributed by atoms with Crippen LogP contribution < -0.4 is 5.32 Å². The number of rotatable bonds is 8. The fourth-order valence-corrected chi connectivity index (χ4v) is 2.34. The minimum atomic E-state index is -1.67. The Hall–Kier alpha value is -2.66. The molecule has 0 aliphatic carbocycles. The van der Waals surface area contributed by atoms with E-state index in [2.05, 4.69) is 12.2 Å². The van der Waals surface area contributed by atoms with Crippen LogP contribution in [-0.4, -0.2) is 22.7 Å². The number of Topliss-reactive ketones (excluding diaryl/α,β-unsaturated/α-hetero) is 1. The number of carboxylic acid groups (broad SMARTS) is 1. The van der Waals surface area contributed by atoms with Crippen molar-refractivity contribution < 1.29 is 19.4 Å². The summed E-state index contributed by atoms with van der Waals surface area (Å²) >= 11 is 0. The molecule has 0 fully saturated rings. The van der Waals surface area contributed by atoms with Gasteiger partial charge in [-0.2, -0.15) is 0 Å². The van der Waals surface area contributed by atoms with E-state index < -0.39 is 11.8 Å². The Morgan fingerprint density at radius 3 is 2.04 bits per heavy atom. The van der Waals surface area contributed by atoms with Gasteiger partial charge in [-0.1, -0.05) is 60.7 Å². The molecule has 5 nitrogen and oxygen atoms in total. The van der Waals surface area contributed by atoms with Gasteiger partial charge in [-0.3, -0.25) is 10.1 Å². The zero-order valence-corrected chi connectivity index (χ0v) is 13.3. The molecule has 1 unspecified atom stereocenters. The Labute approximate surface area is 141 Å². The van der Waals surface area contributed by atoms with Gasteiger partial charge in [-0.15, -0.1) is 0 Å². The van der Waals surface area contributed by atoms with Crippen molar-refractivity contribution in [2.45, 2.75) is 25.2 Å². The molecular formula is C19H20NO4. The number of ether oxygens (including phenoxy) is 1. The van der Waals surface area contributed by atoms with Crippen LogP contribution in [0.15, 0.2) is 60.7 Å². The van der Waals surface area contributed by atoms with Crippen LogP contribution in [0.2, 0.25) is 0 Å². The van der Waals surface area contributed by atoms with E-state index in [1.807, 2.05) is 60.7 Å². The summed E-state index contributed by atoms with van der Waals surface area (Å²) in [4.78, 5) is 23.9. The molecule has 24 heavy (non-hydrogen) atoms. The first-order valence-corrected chi connectivity index (χ1v) is 7.61. The van der Waals surface area contributed by atoms with Gasteiger partial charge in [-0.25, -0.2) is 4.79 Å². The topological polar surface area (TPSA) is 75.6 Å². The molecule has 0 aliphatic rings. The largest absolute Gasteiger partial charge is 0.465 e. The highest BCUT2D eigenvalue weighted by atomic mass is 16.5. The van der Waals surface area contributed by atoms with Crippen molar-refractivity contribution in [2.24, 2.45) is 0 Å². The minimum absolute atomic E-state index is 0.0438. The molecule has 2 aromatic rings. The van der Waals surface area contributed by atoms with Crippen LogP contribution in [0.25, 0.3) is 0 Å². The Morgan fingerprint density at radius 1 is 1.00 bits per heavy atom. The highest BCUT2D eigenvalue weighted by molar-refractivity contribution is 5.91. The molecule has 0 saturated heterocycles. The van der Waals surface area contributed by atoms with E-state index in [1.54, 1.807) is 0 Å². The molecule has 2 N–H and O–H groups in total. The van der Waals surface area contributed by atoms with Crippen molar-refractivity contribution in [1.82, 2.24) is 5.32 Å². The van der Waals surface area contributed by atoms with Crippen molar-refractivity contribution >= 4 is 11.9 Å². The normalized spacial score (nSPS) is 13.0. The maximum atomic E-state index is 12.7. The summed E-state index contributed by atoms with van der Waals surface area (Å²) in [5.41, 5.74) is -0.0387. The van der Waals surface area contributed by atoms with Gasteiger partial charge in [0.1, 0.15) is 0 Å². The third-order valence-corrected chi connectivity index (χ3v) is 3.65. The lowest BCUT2D eigenvalue weighted by atomic mass is 9.98. The van der Waals surface area contributed by atoms with E-state index in [4.69, 9.17) is 9.84 Å². The van der Waals surface area contributed by atoms with E-state index in [1.165, 1.54) is 0 Å². The molecule has 125 valence electrons. The SMILES string of the molecule is [CH2]CC(NC(=O)O)(OCc1ccccc1)C(=O)Cc1ccccc1. The maximum absolute atomic E-state index is 12.7. The zero-order chi connectivity index (χ0) is 17.4. The Balaban J connectivity index is 2.18. The highest BCUT2D eigenvalue weighted by Crippen LogP contribution is 2.19. The standard InChI is InChI=1S/C19H20NO4/c1-2-19(20-18(22)23,24-14-16-11-7-4-8-12-16)17(21)13-15-9-5-3-6-10-15/h3-12,20H,1-2,13-14H2,(H,22,23). The van der Waals surface area contributed by atoms with Gasteiger partial charge in [-0.05, 0) is 18.1 Å². The third kappa shape index (κ3) is 4.67. The molecule has 2 rings (SSSR count). The summed E-state index contributed by atoms with van der Waals surface area (Å²) in [6, 6.07) is 18.4. The van der Waals surface area contributed by atoms with E-state index in [9.17, 15) is 9.59 Å². The van der Waals surface area contributed by atoms with Gasteiger partial charge >= 0.3 is 6.09 Å². The van der Waals surface area contributed by atoms with Gasteiger partial charge < -0.3 is 9.84 Å². The monoisotopic (exact) mass is 326 g/mol. The van der Waals surface area contributed by atoms with E-state index in [0.717, 1.165) is 11.1 Å². The lowest BCUT2D eigenvalue weighted by Gasteiger charge is -2.31. The predicted molar refractivity (Wildman–Crippen MR) is 90.2 cm³/mol. The lowest BCUT2D eigenvalue weighted by molar-refractivity contribution is -0.150. The second-order valence-electron chi connectivity index (χ2n) is 5.37. The van der Waals surface area contributed by atoms with Crippen molar-refractivity contribution in [3.63, 3.8) is 0 Å². The molecule has 0 aliphatic heterocycles. The van der Waals surface area contributed by atoms with E-state index in [0.29, 0.717) is 0 Å². The summed E-state index contributed by atoms with van der Waals surface area (Å²) in [5, 5.41) is 11.3. The first kappa shape index (κ1) is 17.7. The van der Waals surface area contributed by atoms with Gasteiger partial charge in [0.2, 0.25) is 5.72 Å². The quantitative estimate of drug-likeness (QED) is 0.731. The summed E-state index contributed by atoms with van der Waals surface area (Å²) in [6.07, 6.45) is -1.31. The number of carbonyl (C=O) groups is 2. The van der Waals surface area contributed by atoms with Crippen LogP contribution in [0.4, 0.5) is 4.79 Å². The number of benzene rings is 2. The molecule has 0 saturated carbocycles. The van der Waals surface area contributed by atoms with Gasteiger partial charge in [0, 0.05) is 12.8 Å². The number of nitrogens with one attached hydrogen (secondary N) is 1. The molecule has 0 aromatic heterocycles. The summed E-state index contributed by atoms with van der Waals surface area (Å²) < 4.78 is 5.71. The van der Waals surface area contributed by atoms with Gasteiger partial charge in [0.15, 0.2) is 5.78 Å². The van der Waals surface area contributed by atoms with Crippen molar-refractivity contribution in [3.8, 4) is 0 Å². The van der Waals surface area contributed by atoms with Crippen LogP contribution >= 0.6 is 0 Å². The van der Waals surface area contributed by atoms with Crippen molar-refractivity contribution in [1.29, 1.82) is 0 Å². The number of amides is 1. The van der Waals surface area contributed by atoms with Crippen molar-refractivity contribution in [3.05, 3.63) is 78.7 Å². The maximum Gasteiger partial charge on any atom is 0.407 e. The fraction of sp³-hybridized carbons (Fsp3) is 0.211.